The number of nitrogens with two attached hydrogens (primary N) is 1. The first-order valence-corrected chi connectivity index (χ1v) is 10.5. The Hall–Kier alpha value is -4.06. The average molecular weight is 430 g/mol. The van der Waals surface area contributed by atoms with Crippen LogP contribution in [0.4, 0.5) is 5.69 Å². The summed E-state index contributed by atoms with van der Waals surface area (Å²) in [4.78, 5) is 9.92. The van der Waals surface area contributed by atoms with Crippen molar-refractivity contribution >= 4 is 17.2 Å². The minimum absolute atomic E-state index is 0.187. The maximum absolute atomic E-state index is 8.97. The average Bonchev–Trinajstić information content (AvgIpc) is 3.32. The molecule has 2 N–H and O–H groups in total. The zero-order valence-electron chi connectivity index (χ0n) is 18.3. The standard InChI is InChI=1S/C23H27N9/c1-18(2)15-32(23(25)27-16-24)21-9-5-7-19(13-21)22(20-8-6-11-26-14-20)10-3-4-12-31-17-28-29-30-31/h5-11,13-14,17-18H,3-4,12,15H2,1-2H3,(H2,25,27). The van der Waals surface area contributed by atoms with E-state index in [-0.39, 0.29) is 5.96 Å². The second kappa shape index (κ2) is 11.4. The molecule has 2 heterocycles. The maximum Gasteiger partial charge on any atom is 0.211 e. The monoisotopic (exact) mass is 429 g/mol. The Kier molecular flexibility index (Phi) is 8.03. The fourth-order valence-electron chi connectivity index (χ4n) is 3.36. The molecule has 3 aromatic rings. The number of tetrazole rings is 1. The van der Waals surface area contributed by atoms with Crippen molar-refractivity contribution in [1.29, 1.82) is 5.26 Å². The number of rotatable bonds is 9. The molecule has 0 bridgehead atoms. The van der Waals surface area contributed by atoms with E-state index in [2.05, 4.69) is 57.6 Å². The number of unbranched alkanes of at least 4 members (excludes halogenated alkanes) is 1. The van der Waals surface area contributed by atoms with Crippen molar-refractivity contribution in [2.24, 2.45) is 16.6 Å². The van der Waals surface area contributed by atoms with Crippen LogP contribution >= 0.6 is 0 Å². The van der Waals surface area contributed by atoms with Crippen LogP contribution in [-0.4, -0.2) is 37.7 Å². The van der Waals surface area contributed by atoms with Crippen molar-refractivity contribution in [3.05, 3.63) is 72.3 Å². The van der Waals surface area contributed by atoms with Gasteiger partial charge in [0.05, 0.1) is 0 Å². The highest BCUT2D eigenvalue weighted by molar-refractivity contribution is 5.96. The maximum atomic E-state index is 8.97. The van der Waals surface area contributed by atoms with E-state index in [9.17, 15) is 0 Å². The number of guanidine groups is 1. The molecule has 0 aliphatic rings. The summed E-state index contributed by atoms with van der Waals surface area (Å²) in [5.41, 5.74) is 10.1. The number of aliphatic imine (C=N–C) groups is 1. The molecule has 9 heteroatoms. The third-order valence-electron chi connectivity index (χ3n) is 4.76. The molecule has 0 saturated carbocycles. The highest BCUT2D eigenvalue weighted by Gasteiger charge is 2.15. The quantitative estimate of drug-likeness (QED) is 0.240. The second-order valence-electron chi connectivity index (χ2n) is 7.70. The summed E-state index contributed by atoms with van der Waals surface area (Å²) in [5, 5.41) is 20.2. The molecule has 0 unspecified atom stereocenters. The van der Waals surface area contributed by atoms with Gasteiger partial charge in [-0.2, -0.15) is 5.26 Å². The lowest BCUT2D eigenvalue weighted by atomic mass is 9.97. The van der Waals surface area contributed by atoms with Crippen molar-refractivity contribution < 1.29 is 0 Å². The fourth-order valence-corrected chi connectivity index (χ4v) is 3.36. The van der Waals surface area contributed by atoms with Gasteiger partial charge in [-0.3, -0.25) is 4.98 Å². The van der Waals surface area contributed by atoms with Crippen LogP contribution in [0, 0.1) is 17.4 Å². The van der Waals surface area contributed by atoms with Gasteiger partial charge in [0, 0.05) is 36.7 Å². The van der Waals surface area contributed by atoms with E-state index in [1.54, 1.807) is 23.4 Å². The van der Waals surface area contributed by atoms with Crippen LogP contribution in [0.1, 0.15) is 37.8 Å². The van der Waals surface area contributed by atoms with E-state index < -0.39 is 0 Å². The Labute approximate surface area is 187 Å². The first-order valence-electron chi connectivity index (χ1n) is 10.5. The predicted molar refractivity (Wildman–Crippen MR) is 124 cm³/mol. The zero-order valence-corrected chi connectivity index (χ0v) is 18.3. The van der Waals surface area contributed by atoms with Crippen molar-refractivity contribution in [3.63, 3.8) is 0 Å². The van der Waals surface area contributed by atoms with Crippen LogP contribution in [0.2, 0.25) is 0 Å². The number of aryl methyl sites for hydroxylation is 1. The van der Waals surface area contributed by atoms with E-state index >= 15 is 0 Å². The minimum Gasteiger partial charge on any atom is -0.369 e. The summed E-state index contributed by atoms with van der Waals surface area (Å²) in [7, 11) is 0. The first-order chi connectivity index (χ1) is 15.6. The number of benzene rings is 1. The lowest BCUT2D eigenvalue weighted by Crippen LogP contribution is -2.39. The number of pyridine rings is 1. The van der Waals surface area contributed by atoms with Gasteiger partial charge in [0.2, 0.25) is 12.2 Å². The van der Waals surface area contributed by atoms with Gasteiger partial charge in [0.1, 0.15) is 6.33 Å². The lowest BCUT2D eigenvalue weighted by Gasteiger charge is -2.25. The SMILES string of the molecule is CC(C)CN(C(N)=NC#N)c1cccc(C(=CCCCn2cnnn2)c2cccnc2)c1. The van der Waals surface area contributed by atoms with Gasteiger partial charge in [0.25, 0.3) is 0 Å². The number of anilines is 1. The Bertz CT molecular complexity index is 1080. The molecule has 0 radical (unpaired) electrons. The third kappa shape index (κ3) is 6.22. The summed E-state index contributed by atoms with van der Waals surface area (Å²) >= 11 is 0. The molecule has 3 rings (SSSR count). The van der Waals surface area contributed by atoms with Gasteiger partial charge in [-0.25, -0.2) is 4.68 Å². The van der Waals surface area contributed by atoms with Gasteiger partial charge in [-0.05, 0) is 58.5 Å². The first kappa shape index (κ1) is 22.6. The molecule has 164 valence electrons. The molecule has 2 aromatic heterocycles. The van der Waals surface area contributed by atoms with Crippen molar-refractivity contribution in [2.75, 3.05) is 11.4 Å². The summed E-state index contributed by atoms with van der Waals surface area (Å²) in [6, 6.07) is 12.1. The third-order valence-corrected chi connectivity index (χ3v) is 4.76. The molecule has 0 spiro atoms. The Morgan fingerprint density at radius 2 is 2.12 bits per heavy atom. The molecule has 32 heavy (non-hydrogen) atoms. The summed E-state index contributed by atoms with van der Waals surface area (Å²) in [5.74, 6) is 0.525. The van der Waals surface area contributed by atoms with E-state index in [0.717, 1.165) is 41.8 Å². The molecule has 0 amide bonds. The smallest absolute Gasteiger partial charge is 0.211 e. The van der Waals surface area contributed by atoms with Crippen LogP contribution < -0.4 is 10.6 Å². The molecule has 1 aromatic carbocycles. The highest BCUT2D eigenvalue weighted by atomic mass is 15.5. The van der Waals surface area contributed by atoms with Gasteiger partial charge >= 0.3 is 0 Å². The van der Waals surface area contributed by atoms with E-state index in [1.165, 1.54) is 0 Å². The van der Waals surface area contributed by atoms with Crippen molar-refractivity contribution in [3.8, 4) is 6.19 Å². The zero-order chi connectivity index (χ0) is 22.8. The normalized spacial score (nSPS) is 12.1. The Morgan fingerprint density at radius 3 is 2.81 bits per heavy atom. The molecule has 0 atom stereocenters. The Morgan fingerprint density at radius 1 is 1.28 bits per heavy atom. The number of hydrogen-bond acceptors (Lipinski definition) is 6. The van der Waals surface area contributed by atoms with Crippen LogP contribution in [0.5, 0.6) is 0 Å². The molecular formula is C23H27N9. The second-order valence-corrected chi connectivity index (χ2v) is 7.70. The molecular weight excluding hydrogens is 402 g/mol. The highest BCUT2D eigenvalue weighted by Crippen LogP contribution is 2.28. The van der Waals surface area contributed by atoms with E-state index in [1.807, 2.05) is 35.4 Å². The van der Waals surface area contributed by atoms with Gasteiger partial charge in [0.15, 0.2) is 0 Å². The van der Waals surface area contributed by atoms with Gasteiger partial charge in [-0.15, -0.1) is 10.1 Å². The number of nitrogens with zero attached hydrogens (tertiary/aromatic N) is 8. The summed E-state index contributed by atoms with van der Waals surface area (Å²) in [6.07, 6.45) is 11.0. The fraction of sp³-hybridized carbons (Fsp3) is 0.304. The summed E-state index contributed by atoms with van der Waals surface area (Å²) < 4.78 is 1.72. The van der Waals surface area contributed by atoms with Crippen molar-refractivity contribution in [1.82, 2.24) is 25.2 Å². The van der Waals surface area contributed by atoms with Crippen LogP contribution in [-0.2, 0) is 6.54 Å². The van der Waals surface area contributed by atoms with Gasteiger partial charge < -0.3 is 10.6 Å². The molecule has 0 fully saturated rings. The van der Waals surface area contributed by atoms with E-state index in [4.69, 9.17) is 11.0 Å². The van der Waals surface area contributed by atoms with Crippen LogP contribution in [0.3, 0.4) is 0 Å². The van der Waals surface area contributed by atoms with Crippen LogP contribution in [0.15, 0.2) is 66.2 Å². The number of aromatic nitrogens is 5. The number of allylic oxidation sites excluding steroid dienone is 1. The van der Waals surface area contributed by atoms with E-state index in [0.29, 0.717) is 12.5 Å². The number of nitriles is 1. The number of hydrogen-bond donors (Lipinski definition) is 1. The lowest BCUT2D eigenvalue weighted by molar-refractivity contribution is 0.563. The topological polar surface area (TPSA) is 122 Å². The largest absolute Gasteiger partial charge is 0.369 e. The van der Waals surface area contributed by atoms with Crippen LogP contribution in [0.25, 0.3) is 5.57 Å². The van der Waals surface area contributed by atoms with Gasteiger partial charge in [-0.1, -0.05) is 38.1 Å². The Balaban J connectivity index is 1.91. The molecule has 0 saturated heterocycles. The summed E-state index contributed by atoms with van der Waals surface area (Å²) in [6.45, 7) is 5.59. The van der Waals surface area contributed by atoms with Crippen molar-refractivity contribution in [2.45, 2.75) is 33.2 Å². The molecule has 0 aliphatic carbocycles. The minimum atomic E-state index is 0.187. The molecule has 0 aliphatic heterocycles. The predicted octanol–water partition coefficient (Wildman–Crippen LogP) is 3.24. The molecule has 9 nitrogen and oxygen atoms in total.